The first-order valence-electron chi connectivity index (χ1n) is 8.44. The summed E-state index contributed by atoms with van der Waals surface area (Å²) in [6.45, 7) is 1.47. The molecule has 12 heteroatoms. The number of hydrogen-bond donors (Lipinski definition) is 2. The van der Waals surface area contributed by atoms with E-state index < -0.39 is 32.5 Å². The number of rotatable bonds is 4. The topological polar surface area (TPSA) is 84.2 Å². The lowest BCUT2D eigenvalue weighted by atomic mass is 10.1. The Morgan fingerprint density at radius 3 is 2.53 bits per heavy atom. The summed E-state index contributed by atoms with van der Waals surface area (Å²) in [6.07, 6.45) is -2.59. The highest BCUT2D eigenvalue weighted by molar-refractivity contribution is 9.10. The minimum Gasteiger partial charge on any atom is -0.299 e. The molecule has 0 amide bonds. The number of hydrogen-bond acceptors (Lipinski definition) is 4. The molecule has 0 aliphatic carbocycles. The Hall–Kier alpha value is -2.31. The number of anilines is 1. The summed E-state index contributed by atoms with van der Waals surface area (Å²) in [5.74, 6) is -0.922. The first kappa shape index (κ1) is 22.4. The van der Waals surface area contributed by atoms with E-state index in [2.05, 4.69) is 26.3 Å². The number of nitrogens with zero attached hydrogens (tertiary/aromatic N) is 2. The van der Waals surface area contributed by atoms with Crippen molar-refractivity contribution in [1.29, 1.82) is 0 Å². The highest BCUT2D eigenvalue weighted by Crippen LogP contribution is 2.36. The third kappa shape index (κ3) is 4.12. The molecule has 0 radical (unpaired) electrons. The van der Waals surface area contributed by atoms with Gasteiger partial charge in [-0.3, -0.25) is 14.8 Å². The Bertz CT molecular complexity index is 1280. The van der Waals surface area contributed by atoms with Crippen LogP contribution in [-0.2, 0) is 15.5 Å². The molecular formula is C18H16BrF4N3O3S. The zero-order valence-electron chi connectivity index (χ0n) is 15.6. The van der Waals surface area contributed by atoms with Crippen molar-refractivity contribution in [3.63, 3.8) is 0 Å². The molecule has 3 rings (SSSR count). The summed E-state index contributed by atoms with van der Waals surface area (Å²) in [4.78, 5) is 16.6. The lowest BCUT2D eigenvalue weighted by Gasteiger charge is -2.39. The van der Waals surface area contributed by atoms with Gasteiger partial charge in [-0.2, -0.15) is 22.5 Å². The Morgan fingerprint density at radius 2 is 1.93 bits per heavy atom. The van der Waals surface area contributed by atoms with Gasteiger partial charge in [0.25, 0.3) is 5.56 Å². The third-order valence-electron chi connectivity index (χ3n) is 4.57. The van der Waals surface area contributed by atoms with E-state index in [9.17, 15) is 31.1 Å². The molecule has 0 aliphatic heterocycles. The first-order valence-corrected chi connectivity index (χ1v) is 11.7. The van der Waals surface area contributed by atoms with Crippen LogP contribution in [0.3, 0.4) is 0 Å². The number of benzene rings is 2. The fourth-order valence-electron chi connectivity index (χ4n) is 2.77. The molecule has 6 nitrogen and oxygen atoms in total. The van der Waals surface area contributed by atoms with Crippen LogP contribution in [0.1, 0.15) is 12.5 Å². The van der Waals surface area contributed by atoms with Crippen molar-refractivity contribution in [3.8, 4) is 0 Å². The van der Waals surface area contributed by atoms with Gasteiger partial charge < -0.3 is 0 Å². The first-order chi connectivity index (χ1) is 13.7. The maximum absolute atomic E-state index is 13.8. The Balaban J connectivity index is 2.21. The van der Waals surface area contributed by atoms with E-state index >= 15 is 0 Å². The normalized spacial score (nSPS) is 13.8. The van der Waals surface area contributed by atoms with Gasteiger partial charge in [-0.05, 0) is 47.1 Å². The quantitative estimate of drug-likeness (QED) is 0.506. The zero-order valence-corrected chi connectivity index (χ0v) is 18.0. The molecule has 2 N–H and O–H groups in total. The molecule has 1 aromatic heterocycles. The molecule has 2 aromatic carbocycles. The van der Waals surface area contributed by atoms with Crippen LogP contribution in [0.5, 0.6) is 0 Å². The van der Waals surface area contributed by atoms with E-state index in [1.807, 2.05) is 0 Å². The van der Waals surface area contributed by atoms with Crippen LogP contribution in [0.2, 0.25) is 0 Å². The summed E-state index contributed by atoms with van der Waals surface area (Å²) in [6, 6.07) is 4.49. The van der Waals surface area contributed by atoms with Gasteiger partial charge in [-0.1, -0.05) is 0 Å². The molecule has 0 atom stereocenters. The highest BCUT2D eigenvalue weighted by Gasteiger charge is 2.32. The predicted molar refractivity (Wildman–Crippen MR) is 110 cm³/mol. The number of halogens is 5. The molecule has 0 saturated heterocycles. The smallest absolute Gasteiger partial charge is 0.299 e. The molecule has 0 unspecified atom stereocenters. The SMILES string of the molecule is CCS(C)(=O)(O)c1ccc(F)cc1Nn1cnc2c(Br)cc(C(F)(F)F)cc2c1=O. The molecular weight excluding hydrogens is 494 g/mol. The molecule has 0 saturated carbocycles. The molecule has 0 fully saturated rings. The summed E-state index contributed by atoms with van der Waals surface area (Å²) in [5.41, 5.74) is 0.342. The van der Waals surface area contributed by atoms with E-state index in [-0.39, 0.29) is 31.7 Å². The largest absolute Gasteiger partial charge is 0.416 e. The standard InChI is InChI=1S/C18H16BrF4N3O3S/c1-3-30(2,28,29)15-5-4-11(20)8-14(15)25-26-9-24-16-12(17(26)27)6-10(7-13(16)19)18(21,22)23/h4-9,25H,3H2,1-2H3,(H,28,29). The number of alkyl halides is 3. The molecule has 0 bridgehead atoms. The average Bonchev–Trinajstić information content (AvgIpc) is 2.63. The predicted octanol–water partition coefficient (Wildman–Crippen LogP) is 4.49. The lowest BCUT2D eigenvalue weighted by Crippen LogP contribution is -2.35. The van der Waals surface area contributed by atoms with Gasteiger partial charge in [0, 0.05) is 22.5 Å². The molecule has 162 valence electrons. The third-order valence-corrected chi connectivity index (χ3v) is 8.02. The van der Waals surface area contributed by atoms with Gasteiger partial charge in [0.15, 0.2) is 0 Å². The summed E-state index contributed by atoms with van der Waals surface area (Å²) in [5, 5.41) is -0.349. The average molecular weight is 510 g/mol. The van der Waals surface area contributed by atoms with E-state index in [0.29, 0.717) is 6.07 Å². The highest BCUT2D eigenvalue weighted by atomic mass is 79.9. The van der Waals surface area contributed by atoms with Crippen LogP contribution in [0.25, 0.3) is 10.9 Å². The summed E-state index contributed by atoms with van der Waals surface area (Å²) >= 11 is 2.98. The number of aromatic nitrogens is 2. The van der Waals surface area contributed by atoms with Crippen LogP contribution >= 0.6 is 15.9 Å². The van der Waals surface area contributed by atoms with Crippen LogP contribution in [-0.4, -0.2) is 30.4 Å². The molecule has 0 spiro atoms. The van der Waals surface area contributed by atoms with Crippen molar-refractivity contribution in [2.24, 2.45) is 0 Å². The molecule has 1 heterocycles. The fraction of sp³-hybridized carbons (Fsp3) is 0.222. The minimum absolute atomic E-state index is 0.00122. The van der Waals surface area contributed by atoms with E-state index in [1.165, 1.54) is 6.92 Å². The Labute approximate surface area is 176 Å². The van der Waals surface area contributed by atoms with E-state index in [0.717, 1.165) is 41.5 Å². The Morgan fingerprint density at radius 1 is 1.27 bits per heavy atom. The summed E-state index contributed by atoms with van der Waals surface area (Å²) < 4.78 is 77.4. The second kappa shape index (κ2) is 7.13. The number of nitrogens with one attached hydrogen (secondary N) is 1. The molecule has 30 heavy (non-hydrogen) atoms. The lowest BCUT2D eigenvalue weighted by molar-refractivity contribution is -0.137. The van der Waals surface area contributed by atoms with E-state index in [1.54, 1.807) is 0 Å². The monoisotopic (exact) mass is 509 g/mol. The Kier molecular flexibility index (Phi) is 5.32. The van der Waals surface area contributed by atoms with Crippen molar-refractivity contribution in [2.75, 3.05) is 17.4 Å². The van der Waals surface area contributed by atoms with E-state index in [4.69, 9.17) is 0 Å². The summed E-state index contributed by atoms with van der Waals surface area (Å²) in [7, 11) is -4.37. The van der Waals surface area contributed by atoms with Gasteiger partial charge in [0.05, 0.1) is 27.0 Å². The maximum atomic E-state index is 13.8. The van der Waals surface area contributed by atoms with Gasteiger partial charge >= 0.3 is 6.18 Å². The zero-order chi connectivity index (χ0) is 22.5. The molecule has 0 aliphatic rings. The van der Waals surface area contributed by atoms with Crippen molar-refractivity contribution >= 4 is 41.9 Å². The molecule has 3 aromatic rings. The van der Waals surface area contributed by atoms with Gasteiger partial charge in [0.2, 0.25) is 0 Å². The van der Waals surface area contributed by atoms with Crippen molar-refractivity contribution in [3.05, 3.63) is 62.9 Å². The number of fused-ring (bicyclic) bond motifs is 1. The maximum Gasteiger partial charge on any atom is 0.416 e. The second-order valence-corrected chi connectivity index (χ2v) is 11.6. The van der Waals surface area contributed by atoms with Gasteiger partial charge in [0.1, 0.15) is 12.1 Å². The van der Waals surface area contributed by atoms with Crippen molar-refractivity contribution < 1.29 is 26.3 Å². The van der Waals surface area contributed by atoms with Gasteiger partial charge in [-0.25, -0.2) is 18.3 Å². The van der Waals surface area contributed by atoms with Crippen LogP contribution in [0.4, 0.5) is 23.2 Å². The van der Waals surface area contributed by atoms with Crippen molar-refractivity contribution in [2.45, 2.75) is 18.0 Å². The fourth-order valence-corrected chi connectivity index (χ4v) is 4.72. The van der Waals surface area contributed by atoms with Gasteiger partial charge in [-0.15, -0.1) is 0 Å². The van der Waals surface area contributed by atoms with Crippen LogP contribution in [0.15, 0.2) is 50.8 Å². The van der Waals surface area contributed by atoms with Crippen LogP contribution in [0, 0.1) is 5.82 Å². The van der Waals surface area contributed by atoms with Crippen molar-refractivity contribution in [1.82, 2.24) is 9.66 Å². The minimum atomic E-state index is -4.69. The van der Waals surface area contributed by atoms with Crippen LogP contribution < -0.4 is 11.0 Å². The second-order valence-electron chi connectivity index (χ2n) is 6.80.